The molecule has 0 atom stereocenters. The molecule has 0 radical (unpaired) electrons. The van der Waals surface area contributed by atoms with Crippen molar-refractivity contribution >= 4 is 5.91 Å². The van der Waals surface area contributed by atoms with Crippen LogP contribution in [0.5, 0.6) is 11.5 Å². The monoisotopic (exact) mass is 264 g/mol. The van der Waals surface area contributed by atoms with Crippen molar-refractivity contribution in [1.29, 1.82) is 0 Å². The van der Waals surface area contributed by atoms with Crippen LogP contribution in [0, 0.1) is 0 Å². The van der Waals surface area contributed by atoms with Crippen LogP contribution in [0.25, 0.3) is 0 Å². The molecule has 5 nitrogen and oxygen atoms in total. The number of carbonyl (C=O) groups excluding carboxylic acids is 1. The summed E-state index contributed by atoms with van der Waals surface area (Å²) >= 11 is 0. The first-order chi connectivity index (χ1) is 9.20. The van der Waals surface area contributed by atoms with Gasteiger partial charge in [0.1, 0.15) is 13.2 Å². The van der Waals surface area contributed by atoms with Crippen molar-refractivity contribution in [3.63, 3.8) is 0 Å². The summed E-state index contributed by atoms with van der Waals surface area (Å²) in [4.78, 5) is 13.7. The summed E-state index contributed by atoms with van der Waals surface area (Å²) < 4.78 is 11.0. The van der Waals surface area contributed by atoms with Gasteiger partial charge in [0.15, 0.2) is 11.5 Å². The highest BCUT2D eigenvalue weighted by atomic mass is 16.6. The van der Waals surface area contributed by atoms with Crippen LogP contribution in [0.15, 0.2) is 18.2 Å². The van der Waals surface area contributed by atoms with Crippen molar-refractivity contribution in [2.75, 3.05) is 40.4 Å². The predicted octanol–water partition coefficient (Wildman–Crippen LogP) is 0.678. The third kappa shape index (κ3) is 3.61. The Bertz CT molecular complexity index is 448. The molecule has 2 rings (SSSR count). The van der Waals surface area contributed by atoms with Gasteiger partial charge in [-0.05, 0) is 24.7 Å². The number of likely N-dealkylation sites (N-methyl/N-ethyl adjacent to an activating group) is 2. The minimum Gasteiger partial charge on any atom is -0.486 e. The van der Waals surface area contributed by atoms with Gasteiger partial charge in [-0.25, -0.2) is 0 Å². The van der Waals surface area contributed by atoms with E-state index in [9.17, 15) is 4.79 Å². The van der Waals surface area contributed by atoms with Crippen LogP contribution < -0.4 is 14.8 Å². The fourth-order valence-corrected chi connectivity index (χ4v) is 1.91. The molecule has 1 amide bonds. The number of nitrogens with zero attached hydrogens (tertiary/aromatic N) is 1. The molecule has 0 saturated carbocycles. The number of nitrogens with one attached hydrogen (secondary N) is 1. The van der Waals surface area contributed by atoms with Gasteiger partial charge in [0.05, 0.1) is 6.42 Å². The van der Waals surface area contributed by atoms with Crippen LogP contribution in [-0.2, 0) is 11.2 Å². The zero-order chi connectivity index (χ0) is 13.7. The Morgan fingerprint density at radius 2 is 2.05 bits per heavy atom. The molecular formula is C14H20N2O3. The highest BCUT2D eigenvalue weighted by Gasteiger charge is 2.14. The van der Waals surface area contributed by atoms with E-state index >= 15 is 0 Å². The Morgan fingerprint density at radius 1 is 1.32 bits per heavy atom. The second kappa shape index (κ2) is 6.43. The molecular weight excluding hydrogens is 244 g/mol. The summed E-state index contributed by atoms with van der Waals surface area (Å²) in [5.41, 5.74) is 0.950. The fraction of sp³-hybridized carbons (Fsp3) is 0.500. The third-order valence-electron chi connectivity index (χ3n) is 3.08. The molecule has 0 unspecified atom stereocenters. The predicted molar refractivity (Wildman–Crippen MR) is 72.7 cm³/mol. The second-order valence-electron chi connectivity index (χ2n) is 4.57. The molecule has 0 saturated heterocycles. The Kier molecular flexibility index (Phi) is 4.63. The first-order valence-electron chi connectivity index (χ1n) is 6.48. The van der Waals surface area contributed by atoms with Gasteiger partial charge in [0.25, 0.3) is 0 Å². The lowest BCUT2D eigenvalue weighted by Gasteiger charge is -2.20. The number of rotatable bonds is 5. The average Bonchev–Trinajstić information content (AvgIpc) is 2.44. The smallest absolute Gasteiger partial charge is 0.226 e. The largest absolute Gasteiger partial charge is 0.486 e. The molecule has 0 aliphatic carbocycles. The average molecular weight is 264 g/mol. The number of carbonyl (C=O) groups is 1. The molecule has 0 aromatic heterocycles. The van der Waals surface area contributed by atoms with Gasteiger partial charge in [-0.2, -0.15) is 0 Å². The third-order valence-corrected chi connectivity index (χ3v) is 3.08. The Morgan fingerprint density at radius 3 is 2.79 bits per heavy atom. The standard InChI is InChI=1S/C14H20N2O3/c1-15-5-6-16(2)14(17)10-11-3-4-12-13(9-11)19-8-7-18-12/h3-4,9,15H,5-8,10H2,1-2H3. The van der Waals surface area contributed by atoms with E-state index in [1.165, 1.54) is 0 Å². The Labute approximate surface area is 113 Å². The first kappa shape index (κ1) is 13.7. The van der Waals surface area contributed by atoms with Crippen LogP contribution in [-0.4, -0.2) is 51.2 Å². The summed E-state index contributed by atoms with van der Waals surface area (Å²) in [5.74, 6) is 1.59. The van der Waals surface area contributed by atoms with Crippen LogP contribution in [0.2, 0.25) is 0 Å². The lowest BCUT2D eigenvalue weighted by atomic mass is 10.1. The van der Waals surface area contributed by atoms with Gasteiger partial charge >= 0.3 is 0 Å². The van der Waals surface area contributed by atoms with E-state index in [4.69, 9.17) is 9.47 Å². The first-order valence-corrected chi connectivity index (χ1v) is 6.48. The summed E-state index contributed by atoms with van der Waals surface area (Å²) in [6.07, 6.45) is 0.386. The van der Waals surface area contributed by atoms with E-state index in [1.54, 1.807) is 4.90 Å². The minimum absolute atomic E-state index is 0.104. The lowest BCUT2D eigenvalue weighted by Crippen LogP contribution is -2.33. The molecule has 1 N–H and O–H groups in total. The van der Waals surface area contributed by atoms with Gasteiger partial charge in [-0.15, -0.1) is 0 Å². The maximum atomic E-state index is 12.0. The summed E-state index contributed by atoms with van der Waals surface area (Å²) in [7, 11) is 3.69. The van der Waals surface area contributed by atoms with Gasteiger partial charge in [-0.1, -0.05) is 6.07 Å². The van der Waals surface area contributed by atoms with E-state index in [0.29, 0.717) is 26.2 Å². The summed E-state index contributed by atoms with van der Waals surface area (Å²) in [6.45, 7) is 2.65. The highest BCUT2D eigenvalue weighted by molar-refractivity contribution is 5.78. The normalized spacial score (nSPS) is 13.2. The van der Waals surface area contributed by atoms with Crippen molar-refractivity contribution < 1.29 is 14.3 Å². The van der Waals surface area contributed by atoms with E-state index in [0.717, 1.165) is 23.6 Å². The van der Waals surface area contributed by atoms with Crippen LogP contribution >= 0.6 is 0 Å². The van der Waals surface area contributed by atoms with E-state index < -0.39 is 0 Å². The molecule has 1 aromatic rings. The molecule has 1 aromatic carbocycles. The number of ether oxygens (including phenoxy) is 2. The Hall–Kier alpha value is -1.75. The number of hydrogen-bond acceptors (Lipinski definition) is 4. The molecule has 0 bridgehead atoms. The number of fused-ring (bicyclic) bond motifs is 1. The Balaban J connectivity index is 1.97. The number of hydrogen-bond donors (Lipinski definition) is 1. The van der Waals surface area contributed by atoms with Gasteiger partial charge in [0, 0.05) is 20.1 Å². The summed E-state index contributed by atoms with van der Waals surface area (Å²) in [6, 6.07) is 5.67. The quantitative estimate of drug-likeness (QED) is 0.849. The van der Waals surface area contributed by atoms with Gasteiger partial charge in [-0.3, -0.25) is 4.79 Å². The second-order valence-corrected chi connectivity index (χ2v) is 4.57. The van der Waals surface area contributed by atoms with Gasteiger partial charge in [0.2, 0.25) is 5.91 Å². The molecule has 1 heterocycles. The van der Waals surface area contributed by atoms with E-state index in [-0.39, 0.29) is 5.91 Å². The number of benzene rings is 1. The van der Waals surface area contributed by atoms with Crippen molar-refractivity contribution in [3.8, 4) is 11.5 Å². The molecule has 19 heavy (non-hydrogen) atoms. The van der Waals surface area contributed by atoms with Crippen molar-refractivity contribution in [2.45, 2.75) is 6.42 Å². The van der Waals surface area contributed by atoms with Gasteiger partial charge < -0.3 is 19.7 Å². The zero-order valence-corrected chi connectivity index (χ0v) is 11.4. The van der Waals surface area contributed by atoms with Crippen molar-refractivity contribution in [1.82, 2.24) is 10.2 Å². The number of amides is 1. The minimum atomic E-state index is 0.104. The molecule has 0 fully saturated rings. The SMILES string of the molecule is CNCCN(C)C(=O)Cc1ccc2c(c1)OCCO2. The van der Waals surface area contributed by atoms with Crippen LogP contribution in [0.1, 0.15) is 5.56 Å². The molecule has 0 spiro atoms. The fourth-order valence-electron chi connectivity index (χ4n) is 1.91. The maximum absolute atomic E-state index is 12.0. The van der Waals surface area contributed by atoms with E-state index in [1.807, 2.05) is 32.3 Å². The van der Waals surface area contributed by atoms with Crippen molar-refractivity contribution in [3.05, 3.63) is 23.8 Å². The summed E-state index contributed by atoms with van der Waals surface area (Å²) in [5, 5.41) is 3.03. The zero-order valence-electron chi connectivity index (χ0n) is 11.4. The highest BCUT2D eigenvalue weighted by Crippen LogP contribution is 2.30. The van der Waals surface area contributed by atoms with E-state index in [2.05, 4.69) is 5.32 Å². The molecule has 1 aliphatic rings. The lowest BCUT2D eigenvalue weighted by molar-refractivity contribution is -0.129. The molecule has 1 aliphatic heterocycles. The maximum Gasteiger partial charge on any atom is 0.226 e. The van der Waals surface area contributed by atoms with Crippen molar-refractivity contribution in [2.24, 2.45) is 0 Å². The topological polar surface area (TPSA) is 50.8 Å². The molecule has 104 valence electrons. The van der Waals surface area contributed by atoms with Crippen LogP contribution in [0.3, 0.4) is 0 Å². The molecule has 5 heteroatoms. The van der Waals surface area contributed by atoms with Crippen LogP contribution in [0.4, 0.5) is 0 Å².